The van der Waals surface area contributed by atoms with Gasteiger partial charge in [0.1, 0.15) is 0 Å². The molecule has 0 saturated carbocycles. The van der Waals surface area contributed by atoms with Crippen molar-refractivity contribution in [2.45, 2.75) is 24.4 Å². The van der Waals surface area contributed by atoms with Crippen LogP contribution in [-0.4, -0.2) is 27.4 Å². The van der Waals surface area contributed by atoms with Crippen LogP contribution in [0.5, 0.6) is 0 Å². The molecule has 3 rings (SSSR count). The Hall–Kier alpha value is -3.04. The normalized spacial score (nSPS) is 11.8. The first kappa shape index (κ1) is 25.6. The van der Waals surface area contributed by atoms with Gasteiger partial charge in [0, 0.05) is 17.1 Å². The number of halogens is 4. The van der Waals surface area contributed by atoms with Gasteiger partial charge in [0.2, 0.25) is 0 Å². The molecule has 0 radical (unpaired) electrons. The summed E-state index contributed by atoms with van der Waals surface area (Å²) in [5, 5.41) is 2.94. The van der Waals surface area contributed by atoms with Crippen molar-refractivity contribution < 1.29 is 26.4 Å². The predicted molar refractivity (Wildman–Crippen MR) is 126 cm³/mol. The monoisotopic (exact) mass is 510 g/mol. The first-order valence-corrected chi connectivity index (χ1v) is 12.2. The molecule has 5 nitrogen and oxygen atoms in total. The van der Waals surface area contributed by atoms with E-state index in [0.717, 1.165) is 34.5 Å². The standard InChI is InChI=1S/C24H22ClF3N2O3S/c1-2-17-6-8-18(9-7-17)23(31)29-14-15-30(21-5-3-4-19(16-21)24(26,27)28)34(32,33)22-12-10-20(25)11-13-22/h3-13,16H,2,14-15H2,1H3,(H,29,31). The minimum atomic E-state index is -4.65. The van der Waals surface area contributed by atoms with E-state index in [1.165, 1.54) is 30.3 Å². The molecule has 0 saturated heterocycles. The first-order valence-electron chi connectivity index (χ1n) is 10.3. The molecule has 0 aromatic heterocycles. The third-order valence-corrected chi connectivity index (χ3v) is 7.18. The van der Waals surface area contributed by atoms with E-state index in [2.05, 4.69) is 5.32 Å². The summed E-state index contributed by atoms with van der Waals surface area (Å²) in [5.74, 6) is -0.421. The second kappa shape index (κ2) is 10.5. The number of rotatable bonds is 8. The predicted octanol–water partition coefficient (Wildman–Crippen LogP) is 5.55. The van der Waals surface area contributed by atoms with E-state index in [1.54, 1.807) is 12.1 Å². The summed E-state index contributed by atoms with van der Waals surface area (Å²) in [6.07, 6.45) is -3.83. The lowest BCUT2D eigenvalue weighted by atomic mass is 10.1. The maximum absolute atomic E-state index is 13.3. The fraction of sp³-hybridized carbons (Fsp3) is 0.208. The number of nitrogens with one attached hydrogen (secondary N) is 1. The summed E-state index contributed by atoms with van der Waals surface area (Å²) in [4.78, 5) is 12.3. The van der Waals surface area contributed by atoms with Gasteiger partial charge in [-0.1, -0.05) is 36.7 Å². The van der Waals surface area contributed by atoms with Gasteiger partial charge in [-0.3, -0.25) is 9.10 Å². The molecule has 34 heavy (non-hydrogen) atoms. The molecule has 0 spiro atoms. The van der Waals surface area contributed by atoms with Crippen molar-refractivity contribution in [1.29, 1.82) is 0 Å². The lowest BCUT2D eigenvalue weighted by Gasteiger charge is -2.25. The van der Waals surface area contributed by atoms with Gasteiger partial charge in [-0.15, -0.1) is 0 Å². The zero-order valence-corrected chi connectivity index (χ0v) is 19.7. The Labute approximate surface area is 201 Å². The Bertz CT molecular complexity index is 1250. The number of aryl methyl sites for hydroxylation is 1. The molecule has 3 aromatic carbocycles. The molecule has 1 amide bonds. The molecule has 0 unspecified atom stereocenters. The highest BCUT2D eigenvalue weighted by molar-refractivity contribution is 7.92. The average Bonchev–Trinajstić information content (AvgIpc) is 2.81. The van der Waals surface area contributed by atoms with Crippen LogP contribution in [0.2, 0.25) is 5.02 Å². The van der Waals surface area contributed by atoms with Crippen LogP contribution in [0.15, 0.2) is 77.7 Å². The van der Waals surface area contributed by atoms with Crippen molar-refractivity contribution in [3.8, 4) is 0 Å². The Morgan fingerprint density at radius 1 is 1.00 bits per heavy atom. The Kier molecular flexibility index (Phi) is 7.89. The quantitative estimate of drug-likeness (QED) is 0.432. The molecule has 0 atom stereocenters. The van der Waals surface area contributed by atoms with E-state index in [4.69, 9.17) is 11.6 Å². The molecular formula is C24H22ClF3N2O3S. The molecule has 0 aliphatic rings. The molecule has 10 heteroatoms. The summed E-state index contributed by atoms with van der Waals surface area (Å²) in [5.41, 5.74) is 0.289. The van der Waals surface area contributed by atoms with Gasteiger partial charge in [-0.2, -0.15) is 13.2 Å². The van der Waals surface area contributed by atoms with E-state index in [0.29, 0.717) is 10.6 Å². The van der Waals surface area contributed by atoms with Gasteiger partial charge in [0.15, 0.2) is 0 Å². The van der Waals surface area contributed by atoms with Crippen LogP contribution >= 0.6 is 11.6 Å². The van der Waals surface area contributed by atoms with Crippen LogP contribution in [0.4, 0.5) is 18.9 Å². The summed E-state index contributed by atoms with van der Waals surface area (Å²) < 4.78 is 67.2. The minimum absolute atomic E-state index is 0.128. The van der Waals surface area contributed by atoms with Crippen molar-refractivity contribution >= 4 is 33.2 Å². The van der Waals surface area contributed by atoms with Gasteiger partial charge < -0.3 is 5.32 Å². The largest absolute Gasteiger partial charge is 0.416 e. The molecule has 0 fully saturated rings. The lowest BCUT2D eigenvalue weighted by molar-refractivity contribution is -0.137. The lowest BCUT2D eigenvalue weighted by Crippen LogP contribution is -2.38. The van der Waals surface area contributed by atoms with E-state index < -0.39 is 27.7 Å². The maximum Gasteiger partial charge on any atom is 0.416 e. The number of hydrogen-bond acceptors (Lipinski definition) is 3. The molecule has 0 heterocycles. The number of nitrogens with zero attached hydrogens (tertiary/aromatic N) is 1. The Balaban J connectivity index is 1.87. The second-order valence-electron chi connectivity index (χ2n) is 7.39. The van der Waals surface area contributed by atoms with Crippen LogP contribution in [0.1, 0.15) is 28.4 Å². The number of hydrogen-bond donors (Lipinski definition) is 1. The molecule has 0 aliphatic carbocycles. The second-order valence-corrected chi connectivity index (χ2v) is 9.68. The highest BCUT2D eigenvalue weighted by Gasteiger charge is 2.32. The highest BCUT2D eigenvalue weighted by atomic mass is 35.5. The third kappa shape index (κ3) is 6.09. The van der Waals surface area contributed by atoms with Gasteiger partial charge in [0.25, 0.3) is 15.9 Å². The SMILES string of the molecule is CCc1ccc(C(=O)NCCN(c2cccc(C(F)(F)F)c2)S(=O)(=O)c2ccc(Cl)cc2)cc1. The first-order chi connectivity index (χ1) is 16.0. The van der Waals surface area contributed by atoms with Crippen molar-refractivity contribution in [3.05, 3.63) is 94.5 Å². The number of carbonyl (C=O) groups excluding carboxylic acids is 1. The topological polar surface area (TPSA) is 66.5 Å². The third-order valence-electron chi connectivity index (χ3n) is 5.09. The molecule has 1 N–H and O–H groups in total. The zero-order chi connectivity index (χ0) is 24.9. The van der Waals surface area contributed by atoms with Crippen molar-refractivity contribution in [2.75, 3.05) is 17.4 Å². The van der Waals surface area contributed by atoms with Crippen molar-refractivity contribution in [2.24, 2.45) is 0 Å². The Morgan fingerprint density at radius 2 is 1.65 bits per heavy atom. The van der Waals surface area contributed by atoms with Gasteiger partial charge in [-0.25, -0.2) is 8.42 Å². The summed E-state index contributed by atoms with van der Waals surface area (Å²) in [6, 6.07) is 16.3. The summed E-state index contributed by atoms with van der Waals surface area (Å²) in [7, 11) is -4.25. The number of alkyl halides is 3. The fourth-order valence-electron chi connectivity index (χ4n) is 3.22. The van der Waals surface area contributed by atoms with Crippen molar-refractivity contribution in [3.63, 3.8) is 0 Å². The van der Waals surface area contributed by atoms with Crippen molar-refractivity contribution in [1.82, 2.24) is 5.32 Å². The highest BCUT2D eigenvalue weighted by Crippen LogP contribution is 2.33. The summed E-state index contributed by atoms with van der Waals surface area (Å²) >= 11 is 5.84. The molecule has 0 bridgehead atoms. The Morgan fingerprint density at radius 3 is 2.24 bits per heavy atom. The van der Waals surface area contributed by atoms with Crippen LogP contribution in [0.25, 0.3) is 0 Å². The number of carbonyl (C=O) groups is 1. The number of sulfonamides is 1. The molecule has 0 aliphatic heterocycles. The number of amides is 1. The van der Waals surface area contributed by atoms with E-state index in [9.17, 15) is 26.4 Å². The average molecular weight is 511 g/mol. The number of anilines is 1. The van der Waals surface area contributed by atoms with Gasteiger partial charge in [0.05, 0.1) is 22.7 Å². The van der Waals surface area contributed by atoms with Crippen LogP contribution in [0.3, 0.4) is 0 Å². The maximum atomic E-state index is 13.3. The van der Waals surface area contributed by atoms with Gasteiger partial charge >= 0.3 is 6.18 Å². The summed E-state index contributed by atoms with van der Waals surface area (Å²) in [6.45, 7) is 1.57. The van der Waals surface area contributed by atoms with E-state index in [1.807, 2.05) is 19.1 Å². The molecular weight excluding hydrogens is 489 g/mol. The molecule has 3 aromatic rings. The van der Waals surface area contributed by atoms with Gasteiger partial charge in [-0.05, 0) is 66.6 Å². The fourth-order valence-corrected chi connectivity index (χ4v) is 4.81. The van der Waals surface area contributed by atoms with Crippen LogP contribution in [-0.2, 0) is 22.6 Å². The zero-order valence-electron chi connectivity index (χ0n) is 18.1. The molecule has 180 valence electrons. The van der Waals surface area contributed by atoms with Crippen LogP contribution < -0.4 is 9.62 Å². The van der Waals surface area contributed by atoms with E-state index >= 15 is 0 Å². The van der Waals surface area contributed by atoms with E-state index in [-0.39, 0.29) is 23.7 Å². The minimum Gasteiger partial charge on any atom is -0.350 e. The van der Waals surface area contributed by atoms with Crippen LogP contribution in [0, 0.1) is 0 Å². The smallest absolute Gasteiger partial charge is 0.350 e. The number of benzene rings is 3.